The largest absolute Gasteiger partial charge is 0.373 e. The molecular formula is C15H22ClNOS. The molecule has 1 fully saturated rings. The molecule has 4 heteroatoms. The Hall–Kier alpha value is -0.220. The first-order valence-electron chi connectivity index (χ1n) is 6.80. The second-order valence-electron chi connectivity index (χ2n) is 5.52. The predicted octanol–water partition coefficient (Wildman–Crippen LogP) is 3.93. The maximum atomic E-state index is 6.14. The van der Waals surface area contributed by atoms with E-state index < -0.39 is 0 Å². The molecule has 0 aromatic heterocycles. The number of ether oxygens (including phenoxy) is 1. The van der Waals surface area contributed by atoms with Crippen LogP contribution in [0.3, 0.4) is 0 Å². The summed E-state index contributed by atoms with van der Waals surface area (Å²) in [6.45, 7) is 8.41. The first-order valence-corrected chi connectivity index (χ1v) is 8.17. The summed E-state index contributed by atoms with van der Waals surface area (Å²) in [5, 5.41) is 0.861. The van der Waals surface area contributed by atoms with Crippen LogP contribution in [-0.2, 0) is 4.74 Å². The molecule has 0 bridgehead atoms. The minimum absolute atomic E-state index is 0.00807. The van der Waals surface area contributed by atoms with Gasteiger partial charge in [0.15, 0.2) is 0 Å². The Morgan fingerprint density at radius 2 is 2.16 bits per heavy atom. The fraction of sp³-hybridized carbons (Fsp3) is 0.600. The molecule has 2 rings (SSSR count). The smallest absolute Gasteiger partial charge is 0.0753 e. The Morgan fingerprint density at radius 1 is 1.37 bits per heavy atom. The molecule has 0 unspecified atom stereocenters. The fourth-order valence-corrected chi connectivity index (χ4v) is 3.51. The lowest BCUT2D eigenvalue weighted by atomic mass is 10.1. The zero-order chi connectivity index (χ0) is 13.7. The van der Waals surface area contributed by atoms with Gasteiger partial charge in [0, 0.05) is 18.0 Å². The van der Waals surface area contributed by atoms with Gasteiger partial charge >= 0.3 is 0 Å². The molecule has 0 N–H and O–H groups in total. The van der Waals surface area contributed by atoms with Gasteiger partial charge in [0.05, 0.1) is 17.2 Å². The minimum atomic E-state index is 0.00807. The summed E-state index contributed by atoms with van der Waals surface area (Å²) in [4.78, 5) is 3.68. The highest BCUT2D eigenvalue weighted by Crippen LogP contribution is 2.27. The maximum Gasteiger partial charge on any atom is 0.0753 e. The van der Waals surface area contributed by atoms with E-state index in [1.807, 2.05) is 30.0 Å². The second-order valence-corrected chi connectivity index (χ2v) is 7.06. The third-order valence-corrected chi connectivity index (χ3v) is 4.82. The quantitative estimate of drug-likeness (QED) is 0.604. The van der Waals surface area contributed by atoms with Crippen LogP contribution in [0.2, 0.25) is 5.02 Å². The van der Waals surface area contributed by atoms with Crippen LogP contribution in [0.25, 0.3) is 0 Å². The second kappa shape index (κ2) is 6.98. The molecule has 1 aliphatic heterocycles. The van der Waals surface area contributed by atoms with Crippen LogP contribution in [0.4, 0.5) is 0 Å². The molecule has 1 aromatic rings. The number of halogens is 1. The van der Waals surface area contributed by atoms with Crippen molar-refractivity contribution in [2.24, 2.45) is 0 Å². The Kier molecular flexibility index (Phi) is 5.58. The Labute approximate surface area is 125 Å². The van der Waals surface area contributed by atoms with E-state index in [0.29, 0.717) is 0 Å². The third-order valence-electron chi connectivity index (χ3n) is 3.22. The van der Waals surface area contributed by atoms with Crippen LogP contribution in [-0.4, -0.2) is 42.5 Å². The number of rotatable bonds is 5. The van der Waals surface area contributed by atoms with Gasteiger partial charge in [-0.05, 0) is 44.7 Å². The molecule has 1 aliphatic rings. The lowest BCUT2D eigenvalue weighted by Gasteiger charge is -2.38. The summed E-state index contributed by atoms with van der Waals surface area (Å²) >= 11 is 7.99. The first-order chi connectivity index (χ1) is 9.07. The average molecular weight is 300 g/mol. The molecule has 0 radical (unpaired) electrons. The summed E-state index contributed by atoms with van der Waals surface area (Å²) in [5.41, 5.74) is 0.00807. The fourth-order valence-electron chi connectivity index (χ4n) is 2.34. The van der Waals surface area contributed by atoms with Gasteiger partial charge < -0.3 is 4.74 Å². The van der Waals surface area contributed by atoms with Crippen molar-refractivity contribution in [3.05, 3.63) is 29.3 Å². The van der Waals surface area contributed by atoms with E-state index in [1.165, 1.54) is 11.3 Å². The summed E-state index contributed by atoms with van der Waals surface area (Å²) in [6.07, 6.45) is 1.19. The van der Waals surface area contributed by atoms with Crippen LogP contribution in [0, 0.1) is 0 Å². The van der Waals surface area contributed by atoms with Crippen molar-refractivity contribution in [1.29, 1.82) is 0 Å². The van der Waals surface area contributed by atoms with Gasteiger partial charge in [-0.2, -0.15) is 0 Å². The normalized spacial score (nSPS) is 19.5. The van der Waals surface area contributed by atoms with E-state index >= 15 is 0 Å². The van der Waals surface area contributed by atoms with Crippen molar-refractivity contribution in [3.63, 3.8) is 0 Å². The van der Waals surface area contributed by atoms with Crippen LogP contribution in [0.5, 0.6) is 0 Å². The Morgan fingerprint density at radius 3 is 2.89 bits per heavy atom. The molecule has 0 amide bonds. The van der Waals surface area contributed by atoms with Gasteiger partial charge in [0.1, 0.15) is 0 Å². The summed E-state index contributed by atoms with van der Waals surface area (Å²) in [5.74, 6) is 1.11. The highest BCUT2D eigenvalue weighted by molar-refractivity contribution is 7.99. The van der Waals surface area contributed by atoms with Crippen molar-refractivity contribution < 1.29 is 4.74 Å². The first kappa shape index (κ1) is 15.2. The lowest BCUT2D eigenvalue weighted by Crippen LogP contribution is -2.48. The van der Waals surface area contributed by atoms with Crippen molar-refractivity contribution in [1.82, 2.24) is 4.90 Å². The molecule has 0 aliphatic carbocycles. The molecule has 1 heterocycles. The molecule has 0 spiro atoms. The van der Waals surface area contributed by atoms with Crippen molar-refractivity contribution in [2.75, 3.05) is 32.0 Å². The molecule has 0 saturated carbocycles. The van der Waals surface area contributed by atoms with Gasteiger partial charge in [0.25, 0.3) is 0 Å². The number of morpholine rings is 1. The number of hydrogen-bond donors (Lipinski definition) is 0. The zero-order valence-electron chi connectivity index (χ0n) is 11.7. The predicted molar refractivity (Wildman–Crippen MR) is 83.3 cm³/mol. The van der Waals surface area contributed by atoms with Gasteiger partial charge in [-0.3, -0.25) is 4.90 Å². The Bertz CT molecular complexity index is 411. The molecule has 2 nitrogen and oxygen atoms in total. The van der Waals surface area contributed by atoms with Crippen molar-refractivity contribution >= 4 is 23.4 Å². The number of benzene rings is 1. The summed E-state index contributed by atoms with van der Waals surface area (Å²) in [7, 11) is 0. The number of hydrogen-bond acceptors (Lipinski definition) is 3. The van der Waals surface area contributed by atoms with E-state index in [1.54, 1.807) is 0 Å². The van der Waals surface area contributed by atoms with Crippen LogP contribution < -0.4 is 0 Å². The standard InChI is InChI=1S/C15H22ClNOS/c1-15(2)12-17(9-10-18-15)8-5-11-19-14-7-4-3-6-13(14)16/h3-4,6-7H,5,8-12H2,1-2H3. The van der Waals surface area contributed by atoms with E-state index in [-0.39, 0.29) is 5.60 Å². The molecule has 1 saturated heterocycles. The maximum absolute atomic E-state index is 6.14. The van der Waals surface area contributed by atoms with Crippen molar-refractivity contribution in [3.8, 4) is 0 Å². The van der Waals surface area contributed by atoms with E-state index in [9.17, 15) is 0 Å². The molecule has 1 aromatic carbocycles. The van der Waals surface area contributed by atoms with Gasteiger partial charge in [-0.15, -0.1) is 11.8 Å². The molecule has 19 heavy (non-hydrogen) atoms. The minimum Gasteiger partial charge on any atom is -0.373 e. The molecular weight excluding hydrogens is 278 g/mol. The van der Waals surface area contributed by atoms with E-state index in [2.05, 4.69) is 24.8 Å². The van der Waals surface area contributed by atoms with Gasteiger partial charge in [0.2, 0.25) is 0 Å². The van der Waals surface area contributed by atoms with Crippen LogP contribution in [0.15, 0.2) is 29.2 Å². The van der Waals surface area contributed by atoms with Crippen LogP contribution in [0.1, 0.15) is 20.3 Å². The topological polar surface area (TPSA) is 12.5 Å². The lowest BCUT2D eigenvalue weighted by molar-refractivity contribution is -0.0857. The van der Waals surface area contributed by atoms with E-state index in [0.717, 1.165) is 37.0 Å². The average Bonchev–Trinajstić information content (AvgIpc) is 2.35. The molecule has 0 atom stereocenters. The zero-order valence-corrected chi connectivity index (χ0v) is 13.3. The van der Waals surface area contributed by atoms with E-state index in [4.69, 9.17) is 16.3 Å². The van der Waals surface area contributed by atoms with Crippen LogP contribution >= 0.6 is 23.4 Å². The van der Waals surface area contributed by atoms with Gasteiger partial charge in [-0.1, -0.05) is 23.7 Å². The number of nitrogens with zero attached hydrogens (tertiary/aromatic N) is 1. The van der Waals surface area contributed by atoms with Gasteiger partial charge in [-0.25, -0.2) is 0 Å². The summed E-state index contributed by atoms with van der Waals surface area (Å²) < 4.78 is 5.72. The summed E-state index contributed by atoms with van der Waals surface area (Å²) in [6, 6.07) is 8.06. The van der Waals surface area contributed by atoms with Crippen molar-refractivity contribution in [2.45, 2.75) is 30.8 Å². The molecule has 106 valence electrons. The Balaban J connectivity index is 1.68. The SMILES string of the molecule is CC1(C)CN(CCCSc2ccccc2Cl)CCO1. The highest BCUT2D eigenvalue weighted by atomic mass is 35.5. The third kappa shape index (κ3) is 4.99. The number of thioether (sulfide) groups is 1. The monoisotopic (exact) mass is 299 g/mol. The highest BCUT2D eigenvalue weighted by Gasteiger charge is 2.26.